The van der Waals surface area contributed by atoms with Gasteiger partial charge in [-0.25, -0.2) is 4.79 Å². The van der Waals surface area contributed by atoms with Crippen molar-refractivity contribution in [1.29, 1.82) is 0 Å². The average molecular weight is 584 g/mol. The van der Waals surface area contributed by atoms with Crippen LogP contribution in [0, 0.1) is 5.92 Å². The Labute approximate surface area is 245 Å². The molecule has 2 aromatic rings. The molecule has 0 fully saturated rings. The maximum absolute atomic E-state index is 13.4. The maximum atomic E-state index is 13.4. The Morgan fingerprint density at radius 1 is 1.07 bits per heavy atom. The van der Waals surface area contributed by atoms with E-state index in [4.69, 9.17) is 14.2 Å². The first-order valence-electron chi connectivity index (χ1n) is 14.1. The lowest BCUT2D eigenvalue weighted by Gasteiger charge is -2.20. The third-order valence-corrected chi connectivity index (χ3v) is 7.61. The Kier molecular flexibility index (Phi) is 11.2. The van der Waals surface area contributed by atoms with Gasteiger partial charge in [-0.1, -0.05) is 26.3 Å². The van der Waals surface area contributed by atoms with Crippen molar-refractivity contribution in [3.05, 3.63) is 45.6 Å². The number of nitrogens with one attached hydrogen (secondary N) is 3. The number of benzene rings is 1. The van der Waals surface area contributed by atoms with Crippen LogP contribution in [0.25, 0.3) is 11.1 Å². The summed E-state index contributed by atoms with van der Waals surface area (Å²) in [7, 11) is 4.62. The zero-order chi connectivity index (χ0) is 31.0. The minimum atomic E-state index is -1.06. The minimum absolute atomic E-state index is 0.105. The Morgan fingerprint density at radius 3 is 2.38 bits per heavy atom. The van der Waals surface area contributed by atoms with Gasteiger partial charge in [0.1, 0.15) is 6.04 Å². The van der Waals surface area contributed by atoms with Crippen molar-refractivity contribution in [3.63, 3.8) is 0 Å². The summed E-state index contributed by atoms with van der Waals surface area (Å²) in [6, 6.07) is 5.56. The summed E-state index contributed by atoms with van der Waals surface area (Å²) in [5.74, 6) is -0.424. The third kappa shape index (κ3) is 7.32. The van der Waals surface area contributed by atoms with Gasteiger partial charge in [0.25, 0.3) is 0 Å². The second-order valence-corrected chi connectivity index (χ2v) is 10.4. The number of methoxy groups -OCH3 is 3. The van der Waals surface area contributed by atoms with Gasteiger partial charge in [-0.2, -0.15) is 0 Å². The fourth-order valence-electron chi connectivity index (χ4n) is 5.25. The molecule has 0 saturated carbocycles. The molecule has 42 heavy (non-hydrogen) atoms. The van der Waals surface area contributed by atoms with E-state index in [-0.39, 0.29) is 29.6 Å². The van der Waals surface area contributed by atoms with E-state index < -0.39 is 18.1 Å². The highest BCUT2D eigenvalue weighted by Crippen LogP contribution is 2.50. The minimum Gasteiger partial charge on any atom is -0.493 e. The summed E-state index contributed by atoms with van der Waals surface area (Å²) < 4.78 is 17.0. The van der Waals surface area contributed by atoms with E-state index in [9.17, 15) is 24.3 Å². The van der Waals surface area contributed by atoms with Gasteiger partial charge in [0, 0.05) is 25.5 Å². The SMILES string of the molecule is CC[C@@H](C)[C@H](NC(=O)CCCNc1ccc2c(cc1=O)[C@@H](NC(C)=O)CCc1cc(OC)c(OC)c(OC)c1-2)C(=O)O. The maximum Gasteiger partial charge on any atom is 0.326 e. The monoisotopic (exact) mass is 583 g/mol. The first-order chi connectivity index (χ1) is 20.1. The van der Waals surface area contributed by atoms with E-state index in [2.05, 4.69) is 16.0 Å². The van der Waals surface area contributed by atoms with E-state index in [1.165, 1.54) is 20.1 Å². The topological polar surface area (TPSA) is 152 Å². The van der Waals surface area contributed by atoms with E-state index in [1.54, 1.807) is 27.2 Å². The van der Waals surface area contributed by atoms with Crippen molar-refractivity contribution >= 4 is 23.5 Å². The van der Waals surface area contributed by atoms with Crippen LogP contribution in [0.15, 0.2) is 29.1 Å². The van der Waals surface area contributed by atoms with Gasteiger partial charge < -0.3 is 35.3 Å². The number of anilines is 1. The molecule has 0 radical (unpaired) electrons. The number of amides is 2. The van der Waals surface area contributed by atoms with Gasteiger partial charge in [-0.15, -0.1) is 0 Å². The number of fused-ring (bicyclic) bond motifs is 3. The molecule has 0 bridgehead atoms. The molecule has 11 heteroatoms. The van der Waals surface area contributed by atoms with Crippen molar-refractivity contribution in [3.8, 4) is 28.4 Å². The average Bonchev–Trinajstić information content (AvgIpc) is 3.20. The Hall–Kier alpha value is -4.28. The standard InChI is InChI=1S/C31H41N3O8/c1-7-17(2)28(31(38)39)34-26(37)9-8-14-32-23-13-11-20-21(16-24(23)36)22(33-18(3)35)12-10-19-15-25(40-4)29(41-5)30(42-6)27(19)20/h11,13,15-17,22,28H,7-10,12,14H2,1-6H3,(H,32,36)(H,33,35)(H,34,37)(H,38,39)/t17-,22+,28+/m1/s1. The number of ether oxygens (including phenoxy) is 3. The van der Waals surface area contributed by atoms with Crippen molar-refractivity contribution in [2.24, 2.45) is 5.92 Å². The quantitative estimate of drug-likeness (QED) is 0.259. The predicted molar refractivity (Wildman–Crippen MR) is 159 cm³/mol. The van der Waals surface area contributed by atoms with Crippen molar-refractivity contribution in [2.75, 3.05) is 33.2 Å². The van der Waals surface area contributed by atoms with Crippen LogP contribution < -0.4 is 35.6 Å². The van der Waals surface area contributed by atoms with Crippen LogP contribution in [0.1, 0.15) is 63.6 Å². The number of carboxylic acid groups (broad SMARTS) is 1. The van der Waals surface area contributed by atoms with Crippen LogP contribution >= 0.6 is 0 Å². The molecule has 0 heterocycles. The molecule has 2 amide bonds. The van der Waals surface area contributed by atoms with Gasteiger partial charge in [0.05, 0.1) is 33.1 Å². The first-order valence-corrected chi connectivity index (χ1v) is 14.1. The smallest absolute Gasteiger partial charge is 0.326 e. The van der Waals surface area contributed by atoms with Crippen LogP contribution in [0.3, 0.4) is 0 Å². The van der Waals surface area contributed by atoms with Gasteiger partial charge >= 0.3 is 5.97 Å². The summed E-state index contributed by atoms with van der Waals surface area (Å²) in [6.45, 7) is 5.41. The zero-order valence-corrected chi connectivity index (χ0v) is 25.1. The fourth-order valence-corrected chi connectivity index (χ4v) is 5.25. The van der Waals surface area contributed by atoms with E-state index in [0.29, 0.717) is 66.3 Å². The number of carbonyl (C=O) groups is 3. The van der Waals surface area contributed by atoms with Gasteiger partial charge in [0.2, 0.25) is 23.0 Å². The van der Waals surface area contributed by atoms with Crippen LogP contribution in [0.4, 0.5) is 5.69 Å². The van der Waals surface area contributed by atoms with Crippen molar-refractivity contribution in [2.45, 2.75) is 65.0 Å². The molecule has 0 unspecified atom stereocenters. The van der Waals surface area contributed by atoms with Crippen molar-refractivity contribution < 1.29 is 33.7 Å². The van der Waals surface area contributed by atoms with E-state index in [1.807, 2.05) is 19.1 Å². The number of carbonyl (C=O) groups excluding carboxylic acids is 2. The van der Waals surface area contributed by atoms with Gasteiger partial charge in [-0.05, 0) is 60.1 Å². The highest BCUT2D eigenvalue weighted by Gasteiger charge is 2.29. The third-order valence-electron chi connectivity index (χ3n) is 7.61. The normalized spacial score (nSPS) is 15.1. The van der Waals surface area contributed by atoms with Crippen LogP contribution in [0.5, 0.6) is 17.2 Å². The van der Waals surface area contributed by atoms with Crippen LogP contribution in [-0.2, 0) is 20.8 Å². The van der Waals surface area contributed by atoms with Crippen LogP contribution in [0.2, 0.25) is 0 Å². The number of carboxylic acids is 1. The lowest BCUT2D eigenvalue weighted by Crippen LogP contribution is -2.45. The molecule has 228 valence electrons. The van der Waals surface area contributed by atoms with Crippen molar-refractivity contribution in [1.82, 2.24) is 10.6 Å². The summed E-state index contributed by atoms with van der Waals surface area (Å²) in [5.41, 5.74) is 3.10. The second kappa shape index (κ2) is 14.6. The fraction of sp³-hybridized carbons (Fsp3) is 0.484. The molecule has 4 N–H and O–H groups in total. The molecule has 3 atom stereocenters. The molecule has 1 aliphatic carbocycles. The van der Waals surface area contributed by atoms with E-state index in [0.717, 1.165) is 11.1 Å². The Morgan fingerprint density at radius 2 is 1.79 bits per heavy atom. The molecule has 11 nitrogen and oxygen atoms in total. The summed E-state index contributed by atoms with van der Waals surface area (Å²) in [5, 5.41) is 18.1. The van der Waals surface area contributed by atoms with E-state index >= 15 is 0 Å². The Balaban J connectivity index is 1.93. The predicted octanol–water partition coefficient (Wildman–Crippen LogP) is 3.67. The highest BCUT2D eigenvalue weighted by molar-refractivity contribution is 5.84. The number of rotatable bonds is 13. The highest BCUT2D eigenvalue weighted by atomic mass is 16.5. The largest absolute Gasteiger partial charge is 0.493 e. The van der Waals surface area contributed by atoms with Gasteiger partial charge in [-0.3, -0.25) is 14.4 Å². The molecule has 0 aromatic heterocycles. The van der Waals surface area contributed by atoms with Crippen LogP contribution in [-0.4, -0.2) is 56.8 Å². The number of aliphatic carboxylic acids is 1. The molecule has 1 aliphatic rings. The Bertz CT molecular complexity index is 1380. The molecule has 0 spiro atoms. The lowest BCUT2D eigenvalue weighted by molar-refractivity contribution is -0.143. The molecule has 0 aliphatic heterocycles. The number of aryl methyl sites for hydroxylation is 1. The summed E-state index contributed by atoms with van der Waals surface area (Å²) in [6.07, 6.45) is 2.26. The molecule has 0 saturated heterocycles. The van der Waals surface area contributed by atoms with Gasteiger partial charge in [0.15, 0.2) is 11.5 Å². The zero-order valence-electron chi connectivity index (χ0n) is 25.1. The number of hydrogen-bond donors (Lipinski definition) is 4. The second-order valence-electron chi connectivity index (χ2n) is 10.4. The molecular weight excluding hydrogens is 542 g/mol. The molecule has 2 aromatic carbocycles. The lowest BCUT2D eigenvalue weighted by atomic mass is 9.95. The molecular formula is C31H41N3O8. The first kappa shape index (κ1) is 32.2. The molecule has 3 rings (SSSR count). The summed E-state index contributed by atoms with van der Waals surface area (Å²) >= 11 is 0. The summed E-state index contributed by atoms with van der Waals surface area (Å²) in [4.78, 5) is 49.4. The number of hydrogen-bond acceptors (Lipinski definition) is 8.